The van der Waals surface area contributed by atoms with Crippen molar-refractivity contribution in [1.82, 2.24) is 0 Å². The molecule has 0 amide bonds. The lowest BCUT2D eigenvalue weighted by Crippen LogP contribution is -2.14. The minimum absolute atomic E-state index is 0.0263. The van der Waals surface area contributed by atoms with E-state index in [2.05, 4.69) is 4.74 Å². The van der Waals surface area contributed by atoms with Crippen LogP contribution in [0.5, 0.6) is 0 Å². The van der Waals surface area contributed by atoms with E-state index in [-0.39, 0.29) is 20.5 Å². The molecule has 0 saturated carbocycles. The van der Waals surface area contributed by atoms with Gasteiger partial charge >= 0.3 is 5.97 Å². The van der Waals surface area contributed by atoms with Crippen LogP contribution in [0.2, 0.25) is 10.0 Å². The third-order valence-electron chi connectivity index (χ3n) is 1.76. The molecule has 0 aliphatic heterocycles. The summed E-state index contributed by atoms with van der Waals surface area (Å²) >= 11 is 11.4. The zero-order valence-electron chi connectivity index (χ0n) is 8.03. The molecule has 0 unspecified atom stereocenters. The summed E-state index contributed by atoms with van der Waals surface area (Å²) in [6.07, 6.45) is 0. The SMILES string of the molecule is COC(=O)c1ccc(S(N)(=O)=O)c(Cl)c1Cl. The summed E-state index contributed by atoms with van der Waals surface area (Å²) in [7, 11) is -2.81. The molecule has 1 rings (SSSR count). The van der Waals surface area contributed by atoms with Gasteiger partial charge in [-0.2, -0.15) is 0 Å². The second kappa shape index (κ2) is 4.58. The maximum absolute atomic E-state index is 11.2. The highest BCUT2D eigenvalue weighted by Gasteiger charge is 2.21. The quantitative estimate of drug-likeness (QED) is 0.832. The van der Waals surface area contributed by atoms with E-state index in [1.165, 1.54) is 13.2 Å². The summed E-state index contributed by atoms with van der Waals surface area (Å²) in [5.41, 5.74) is -0.0263. The average Bonchev–Trinajstić information content (AvgIpc) is 2.19. The molecule has 0 aliphatic carbocycles. The second-order valence-corrected chi connectivity index (χ2v) is 5.06. The molecular formula is C8H7Cl2NO4S. The van der Waals surface area contributed by atoms with Gasteiger partial charge in [-0.1, -0.05) is 23.2 Å². The Morgan fingerprint density at radius 2 is 1.88 bits per heavy atom. The Kier molecular flexibility index (Phi) is 3.80. The fourth-order valence-electron chi connectivity index (χ4n) is 1.02. The zero-order valence-corrected chi connectivity index (χ0v) is 10.4. The van der Waals surface area contributed by atoms with E-state index < -0.39 is 16.0 Å². The van der Waals surface area contributed by atoms with Gasteiger partial charge in [-0.15, -0.1) is 0 Å². The topological polar surface area (TPSA) is 86.5 Å². The first-order chi connectivity index (χ1) is 7.29. The first kappa shape index (κ1) is 13.2. The van der Waals surface area contributed by atoms with Gasteiger partial charge in [0.05, 0.1) is 22.7 Å². The summed E-state index contributed by atoms with van der Waals surface area (Å²) in [5.74, 6) is -0.715. The Balaban J connectivity index is 3.47. The van der Waals surface area contributed by atoms with Crippen LogP contribution in [-0.2, 0) is 14.8 Å². The molecule has 0 heterocycles. The fourth-order valence-corrected chi connectivity index (χ4v) is 2.41. The van der Waals surface area contributed by atoms with Gasteiger partial charge in [-0.05, 0) is 12.1 Å². The summed E-state index contributed by atoms with van der Waals surface area (Å²) in [5, 5.41) is 4.39. The molecule has 1 aromatic carbocycles. The van der Waals surface area contributed by atoms with E-state index in [4.69, 9.17) is 28.3 Å². The minimum atomic E-state index is -3.97. The summed E-state index contributed by atoms with van der Waals surface area (Å²) in [4.78, 5) is 10.9. The van der Waals surface area contributed by atoms with Gasteiger partial charge in [-0.25, -0.2) is 18.4 Å². The highest BCUT2D eigenvalue weighted by molar-refractivity contribution is 7.89. The lowest BCUT2D eigenvalue weighted by Gasteiger charge is -2.07. The van der Waals surface area contributed by atoms with Crippen LogP contribution in [0.15, 0.2) is 17.0 Å². The maximum Gasteiger partial charge on any atom is 0.339 e. The lowest BCUT2D eigenvalue weighted by molar-refractivity contribution is 0.0601. The number of benzene rings is 1. The maximum atomic E-state index is 11.2. The Morgan fingerprint density at radius 1 is 1.31 bits per heavy atom. The number of hydrogen-bond donors (Lipinski definition) is 1. The van der Waals surface area contributed by atoms with Gasteiger partial charge < -0.3 is 4.74 Å². The van der Waals surface area contributed by atoms with E-state index in [1.807, 2.05) is 0 Å². The number of halogens is 2. The van der Waals surface area contributed by atoms with Gasteiger partial charge in [0, 0.05) is 0 Å². The van der Waals surface area contributed by atoms with Crippen molar-refractivity contribution in [3.8, 4) is 0 Å². The highest BCUT2D eigenvalue weighted by atomic mass is 35.5. The Morgan fingerprint density at radius 3 is 2.31 bits per heavy atom. The molecule has 0 saturated heterocycles. The minimum Gasteiger partial charge on any atom is -0.465 e. The predicted molar refractivity (Wildman–Crippen MR) is 59.2 cm³/mol. The van der Waals surface area contributed by atoms with Gasteiger partial charge in [0.15, 0.2) is 0 Å². The van der Waals surface area contributed by atoms with Crippen LogP contribution >= 0.6 is 23.2 Å². The van der Waals surface area contributed by atoms with Crippen molar-refractivity contribution >= 4 is 39.2 Å². The van der Waals surface area contributed by atoms with Crippen molar-refractivity contribution in [2.45, 2.75) is 4.90 Å². The number of methoxy groups -OCH3 is 1. The molecule has 0 aromatic heterocycles. The largest absolute Gasteiger partial charge is 0.465 e. The van der Waals surface area contributed by atoms with Gasteiger partial charge in [0.25, 0.3) is 0 Å². The second-order valence-electron chi connectivity index (χ2n) is 2.78. The van der Waals surface area contributed by atoms with Crippen molar-refractivity contribution in [3.63, 3.8) is 0 Å². The van der Waals surface area contributed by atoms with Crippen molar-refractivity contribution in [2.24, 2.45) is 5.14 Å². The number of carbonyl (C=O) groups is 1. The summed E-state index contributed by atoms with van der Waals surface area (Å²) in [6, 6.07) is 2.27. The smallest absolute Gasteiger partial charge is 0.339 e. The molecule has 0 fully saturated rings. The molecule has 16 heavy (non-hydrogen) atoms. The summed E-state index contributed by atoms with van der Waals surface area (Å²) in [6.45, 7) is 0. The van der Waals surface area contributed by atoms with Gasteiger partial charge in [0.1, 0.15) is 4.90 Å². The van der Waals surface area contributed by atoms with E-state index in [0.717, 1.165) is 6.07 Å². The number of esters is 1. The molecule has 1 aromatic rings. The Labute approximate surface area is 102 Å². The van der Waals surface area contributed by atoms with Crippen LogP contribution in [0.3, 0.4) is 0 Å². The molecule has 0 aliphatic rings. The van der Waals surface area contributed by atoms with E-state index in [0.29, 0.717) is 0 Å². The fraction of sp³-hybridized carbons (Fsp3) is 0.125. The van der Waals surface area contributed by atoms with Crippen molar-refractivity contribution in [2.75, 3.05) is 7.11 Å². The van der Waals surface area contributed by atoms with E-state index in [9.17, 15) is 13.2 Å². The molecular weight excluding hydrogens is 277 g/mol. The molecule has 0 spiro atoms. The van der Waals surface area contributed by atoms with E-state index in [1.54, 1.807) is 0 Å². The Bertz CT molecular complexity index is 541. The number of ether oxygens (including phenoxy) is 1. The molecule has 2 N–H and O–H groups in total. The normalized spacial score (nSPS) is 11.2. The van der Waals surface area contributed by atoms with Crippen molar-refractivity contribution < 1.29 is 17.9 Å². The number of hydrogen-bond acceptors (Lipinski definition) is 4. The average molecular weight is 284 g/mol. The van der Waals surface area contributed by atoms with Crippen LogP contribution < -0.4 is 5.14 Å². The predicted octanol–water partition coefficient (Wildman–Crippen LogP) is 1.43. The molecule has 0 atom stereocenters. The number of carbonyl (C=O) groups excluding carboxylic acids is 1. The van der Waals surface area contributed by atoms with Gasteiger partial charge in [0.2, 0.25) is 10.0 Å². The van der Waals surface area contributed by atoms with Crippen LogP contribution in [0.1, 0.15) is 10.4 Å². The van der Waals surface area contributed by atoms with Gasteiger partial charge in [-0.3, -0.25) is 0 Å². The molecule has 8 heteroatoms. The molecule has 88 valence electrons. The summed E-state index contributed by atoms with van der Waals surface area (Å²) < 4.78 is 26.6. The molecule has 0 radical (unpaired) electrons. The number of nitrogens with two attached hydrogens (primary N) is 1. The first-order valence-electron chi connectivity index (χ1n) is 3.88. The third kappa shape index (κ3) is 2.46. The standard InChI is InChI=1S/C8H7Cl2NO4S/c1-15-8(12)4-2-3-5(16(11,13)14)7(10)6(4)9/h2-3H,1H3,(H2,11,13,14). The monoisotopic (exact) mass is 283 g/mol. The first-order valence-corrected chi connectivity index (χ1v) is 6.18. The third-order valence-corrected chi connectivity index (χ3v) is 3.71. The zero-order chi connectivity index (χ0) is 12.5. The molecule has 5 nitrogen and oxygen atoms in total. The van der Waals surface area contributed by atoms with Crippen LogP contribution in [0, 0.1) is 0 Å². The van der Waals surface area contributed by atoms with Crippen molar-refractivity contribution in [3.05, 3.63) is 27.7 Å². The number of primary sulfonamides is 1. The number of rotatable bonds is 2. The Hall–Kier alpha value is -0.820. The van der Waals surface area contributed by atoms with E-state index >= 15 is 0 Å². The van der Waals surface area contributed by atoms with Crippen molar-refractivity contribution in [1.29, 1.82) is 0 Å². The van der Waals surface area contributed by atoms with Crippen LogP contribution in [-0.4, -0.2) is 21.5 Å². The van der Waals surface area contributed by atoms with Crippen LogP contribution in [0.4, 0.5) is 0 Å². The number of sulfonamides is 1. The lowest BCUT2D eigenvalue weighted by atomic mass is 10.2. The highest BCUT2D eigenvalue weighted by Crippen LogP contribution is 2.31. The van der Waals surface area contributed by atoms with Crippen LogP contribution in [0.25, 0.3) is 0 Å². The molecule has 0 bridgehead atoms.